The maximum absolute atomic E-state index is 12.2. The van der Waals surface area contributed by atoms with Crippen molar-refractivity contribution >= 4 is 10.0 Å². The molecule has 1 aromatic heterocycles. The third-order valence-electron chi connectivity index (χ3n) is 4.36. The van der Waals surface area contributed by atoms with Crippen LogP contribution in [0, 0.1) is 11.8 Å². The number of sulfonamides is 1. The molecule has 120 valence electrons. The first-order valence-corrected chi connectivity index (χ1v) is 9.26. The molecule has 0 aliphatic heterocycles. The van der Waals surface area contributed by atoms with E-state index < -0.39 is 10.0 Å². The van der Waals surface area contributed by atoms with Crippen LogP contribution in [0.25, 0.3) is 0 Å². The van der Waals surface area contributed by atoms with E-state index in [-0.39, 0.29) is 5.09 Å². The second-order valence-electron chi connectivity index (χ2n) is 5.90. The van der Waals surface area contributed by atoms with Crippen molar-refractivity contribution in [2.45, 2.75) is 50.7 Å². The molecule has 1 aliphatic carbocycles. The first-order valence-electron chi connectivity index (χ1n) is 7.78. The van der Waals surface area contributed by atoms with E-state index in [1.54, 1.807) is 13.1 Å². The SMILES string of the molecule is CCC1CCC(CNS(=O)(=O)c2ccc(CNC)o2)CC1. The summed E-state index contributed by atoms with van der Waals surface area (Å²) >= 11 is 0. The smallest absolute Gasteiger partial charge is 0.273 e. The van der Waals surface area contributed by atoms with Gasteiger partial charge in [0.05, 0.1) is 6.54 Å². The molecule has 0 spiro atoms. The lowest BCUT2D eigenvalue weighted by Crippen LogP contribution is -2.31. The molecule has 0 aromatic carbocycles. The quantitative estimate of drug-likeness (QED) is 0.811. The fraction of sp³-hybridized carbons (Fsp3) is 0.733. The molecular formula is C15H26N2O3S. The van der Waals surface area contributed by atoms with Crippen LogP contribution in [0.2, 0.25) is 0 Å². The van der Waals surface area contributed by atoms with Crippen molar-refractivity contribution in [3.63, 3.8) is 0 Å². The standard InChI is InChI=1S/C15H26N2O3S/c1-3-12-4-6-13(7-5-12)10-17-21(18,19)15-9-8-14(20-15)11-16-2/h8-9,12-13,16-17H,3-7,10-11H2,1-2H3. The molecule has 1 heterocycles. The van der Waals surface area contributed by atoms with Crippen molar-refractivity contribution in [1.29, 1.82) is 0 Å². The molecule has 0 unspecified atom stereocenters. The number of hydrogen-bond donors (Lipinski definition) is 2. The second-order valence-corrected chi connectivity index (χ2v) is 7.60. The minimum absolute atomic E-state index is 0.00925. The Morgan fingerprint density at radius 2 is 1.86 bits per heavy atom. The maximum atomic E-state index is 12.2. The van der Waals surface area contributed by atoms with Gasteiger partial charge in [-0.3, -0.25) is 0 Å². The largest absolute Gasteiger partial charge is 0.447 e. The van der Waals surface area contributed by atoms with Crippen molar-refractivity contribution in [3.8, 4) is 0 Å². The number of hydrogen-bond acceptors (Lipinski definition) is 4. The highest BCUT2D eigenvalue weighted by molar-refractivity contribution is 7.89. The third kappa shape index (κ3) is 4.56. The van der Waals surface area contributed by atoms with Crippen LogP contribution in [0.3, 0.4) is 0 Å². The van der Waals surface area contributed by atoms with E-state index in [9.17, 15) is 8.42 Å². The molecule has 1 saturated carbocycles. The molecule has 0 saturated heterocycles. The van der Waals surface area contributed by atoms with Crippen LogP contribution in [0.1, 0.15) is 44.8 Å². The van der Waals surface area contributed by atoms with E-state index in [1.807, 2.05) is 0 Å². The third-order valence-corrected chi connectivity index (χ3v) is 5.65. The van der Waals surface area contributed by atoms with Gasteiger partial charge in [-0.15, -0.1) is 0 Å². The Labute approximate surface area is 127 Å². The molecular weight excluding hydrogens is 288 g/mol. The molecule has 6 heteroatoms. The summed E-state index contributed by atoms with van der Waals surface area (Å²) in [7, 11) is -1.73. The molecule has 0 amide bonds. The topological polar surface area (TPSA) is 71.3 Å². The zero-order valence-electron chi connectivity index (χ0n) is 12.9. The van der Waals surface area contributed by atoms with Gasteiger partial charge in [-0.05, 0) is 43.9 Å². The highest BCUT2D eigenvalue weighted by Gasteiger charge is 2.24. The van der Waals surface area contributed by atoms with Gasteiger partial charge in [-0.2, -0.15) is 0 Å². The average molecular weight is 314 g/mol. The molecule has 21 heavy (non-hydrogen) atoms. The summed E-state index contributed by atoms with van der Waals surface area (Å²) in [5.74, 6) is 1.91. The first-order chi connectivity index (χ1) is 10.0. The van der Waals surface area contributed by atoms with Gasteiger partial charge < -0.3 is 9.73 Å². The lowest BCUT2D eigenvalue weighted by atomic mass is 9.81. The highest BCUT2D eigenvalue weighted by Crippen LogP contribution is 2.30. The lowest BCUT2D eigenvalue weighted by molar-refractivity contribution is 0.269. The molecule has 2 N–H and O–H groups in total. The maximum Gasteiger partial charge on any atom is 0.273 e. The minimum atomic E-state index is -3.52. The molecule has 0 bridgehead atoms. The zero-order valence-corrected chi connectivity index (χ0v) is 13.7. The van der Waals surface area contributed by atoms with Gasteiger partial charge in [0.2, 0.25) is 5.09 Å². The van der Waals surface area contributed by atoms with E-state index in [0.29, 0.717) is 24.8 Å². The number of rotatable bonds is 7. The van der Waals surface area contributed by atoms with Gasteiger partial charge in [0.15, 0.2) is 0 Å². The van der Waals surface area contributed by atoms with E-state index in [2.05, 4.69) is 17.0 Å². The Kier molecular flexibility index (Phi) is 5.84. The summed E-state index contributed by atoms with van der Waals surface area (Å²) in [4.78, 5) is 0. The average Bonchev–Trinajstić information content (AvgIpc) is 2.96. The second kappa shape index (κ2) is 7.42. The monoisotopic (exact) mass is 314 g/mol. The normalized spacial score (nSPS) is 23.3. The summed E-state index contributed by atoms with van der Waals surface area (Å²) in [5.41, 5.74) is 0. The van der Waals surface area contributed by atoms with E-state index in [1.165, 1.54) is 25.3 Å². The Bertz CT molecular complexity index is 531. The summed E-state index contributed by atoms with van der Waals surface area (Å²) in [6.07, 6.45) is 5.90. The highest BCUT2D eigenvalue weighted by atomic mass is 32.2. The zero-order chi connectivity index (χ0) is 15.3. The first kappa shape index (κ1) is 16.5. The van der Waals surface area contributed by atoms with Crippen molar-refractivity contribution in [1.82, 2.24) is 10.0 Å². The van der Waals surface area contributed by atoms with E-state index in [0.717, 1.165) is 18.8 Å². The van der Waals surface area contributed by atoms with Crippen LogP contribution in [0.5, 0.6) is 0 Å². The summed E-state index contributed by atoms with van der Waals surface area (Å²) < 4.78 is 32.4. The summed E-state index contributed by atoms with van der Waals surface area (Å²) in [6.45, 7) is 3.27. The molecule has 2 rings (SSSR count). The Hall–Kier alpha value is -0.850. The van der Waals surface area contributed by atoms with Crippen molar-refractivity contribution in [2.24, 2.45) is 11.8 Å². The van der Waals surface area contributed by atoms with Gasteiger partial charge in [-0.25, -0.2) is 13.1 Å². The molecule has 0 radical (unpaired) electrons. The Morgan fingerprint density at radius 3 is 2.48 bits per heavy atom. The number of furan rings is 1. The Morgan fingerprint density at radius 1 is 1.19 bits per heavy atom. The summed E-state index contributed by atoms with van der Waals surface area (Å²) in [6, 6.07) is 3.21. The fourth-order valence-corrected chi connectivity index (χ4v) is 3.98. The number of nitrogens with one attached hydrogen (secondary N) is 2. The van der Waals surface area contributed by atoms with Crippen molar-refractivity contribution in [2.75, 3.05) is 13.6 Å². The van der Waals surface area contributed by atoms with Gasteiger partial charge in [0.25, 0.3) is 10.0 Å². The molecule has 1 aliphatic rings. The minimum Gasteiger partial charge on any atom is -0.447 e. The van der Waals surface area contributed by atoms with E-state index >= 15 is 0 Å². The summed E-state index contributed by atoms with van der Waals surface area (Å²) in [5, 5.41) is 2.94. The van der Waals surface area contributed by atoms with Crippen LogP contribution in [-0.4, -0.2) is 22.0 Å². The Balaban J connectivity index is 1.86. The lowest BCUT2D eigenvalue weighted by Gasteiger charge is -2.27. The van der Waals surface area contributed by atoms with Crippen LogP contribution in [-0.2, 0) is 16.6 Å². The van der Waals surface area contributed by atoms with Gasteiger partial charge in [-0.1, -0.05) is 26.2 Å². The van der Waals surface area contributed by atoms with Crippen molar-refractivity contribution in [3.05, 3.63) is 17.9 Å². The van der Waals surface area contributed by atoms with Crippen LogP contribution >= 0.6 is 0 Å². The van der Waals surface area contributed by atoms with Crippen LogP contribution in [0.15, 0.2) is 21.6 Å². The van der Waals surface area contributed by atoms with E-state index in [4.69, 9.17) is 4.42 Å². The fourth-order valence-electron chi connectivity index (χ4n) is 2.91. The molecule has 5 nitrogen and oxygen atoms in total. The van der Waals surface area contributed by atoms with Gasteiger partial charge in [0, 0.05) is 6.54 Å². The van der Waals surface area contributed by atoms with Crippen LogP contribution in [0.4, 0.5) is 0 Å². The molecule has 0 atom stereocenters. The van der Waals surface area contributed by atoms with Gasteiger partial charge >= 0.3 is 0 Å². The predicted octanol–water partition coefficient (Wildman–Crippen LogP) is 2.49. The molecule has 1 fully saturated rings. The molecule has 1 aromatic rings. The van der Waals surface area contributed by atoms with Gasteiger partial charge in [0.1, 0.15) is 5.76 Å². The predicted molar refractivity (Wildman–Crippen MR) is 82.4 cm³/mol. The van der Waals surface area contributed by atoms with Crippen LogP contribution < -0.4 is 10.0 Å². The van der Waals surface area contributed by atoms with Crippen molar-refractivity contribution < 1.29 is 12.8 Å².